The van der Waals surface area contributed by atoms with Crippen molar-refractivity contribution < 1.29 is 13.2 Å². The van der Waals surface area contributed by atoms with Crippen LogP contribution in [0.2, 0.25) is 0 Å². The van der Waals surface area contributed by atoms with Crippen LogP contribution >= 0.6 is 0 Å². The van der Waals surface area contributed by atoms with Crippen LogP contribution in [0.15, 0.2) is 29.2 Å². The number of hydrogen-bond acceptors (Lipinski definition) is 4. The lowest BCUT2D eigenvalue weighted by Crippen LogP contribution is -2.41. The minimum absolute atomic E-state index is 0.129. The number of nitrogens with zero attached hydrogens (tertiary/aromatic N) is 2. The predicted octanol–water partition coefficient (Wildman–Crippen LogP) is 1.86. The summed E-state index contributed by atoms with van der Waals surface area (Å²) in [5.41, 5.74) is 0.870. The maximum Gasteiger partial charge on any atom is 0.243 e. The molecule has 6 nitrogen and oxygen atoms in total. The Labute approximate surface area is 163 Å². The number of likely N-dealkylation sites (tertiary alicyclic amines) is 1. The quantitative estimate of drug-likeness (QED) is 0.801. The van der Waals surface area contributed by atoms with E-state index in [1.165, 1.54) is 0 Å². The molecule has 150 valence electrons. The van der Waals surface area contributed by atoms with Crippen molar-refractivity contribution in [2.75, 3.05) is 39.8 Å². The molecule has 1 N–H and O–H groups in total. The number of sulfonamides is 1. The number of piperidine rings is 2. The molecule has 1 aromatic rings. The van der Waals surface area contributed by atoms with Gasteiger partial charge in [-0.3, -0.25) is 4.79 Å². The van der Waals surface area contributed by atoms with Crippen LogP contribution in [-0.2, 0) is 21.2 Å². The van der Waals surface area contributed by atoms with Gasteiger partial charge in [0.1, 0.15) is 0 Å². The van der Waals surface area contributed by atoms with Crippen molar-refractivity contribution in [2.45, 2.75) is 43.4 Å². The Morgan fingerprint density at radius 1 is 1.04 bits per heavy atom. The minimum Gasteiger partial charge on any atom is -0.342 e. The molecular weight excluding hydrogens is 362 g/mol. The normalized spacial score (nSPS) is 20.0. The Kier molecular flexibility index (Phi) is 6.89. The summed E-state index contributed by atoms with van der Waals surface area (Å²) in [6.07, 6.45) is 5.37. The fourth-order valence-corrected chi connectivity index (χ4v) is 5.51. The molecule has 0 atom stereocenters. The highest BCUT2D eigenvalue weighted by Crippen LogP contribution is 2.22. The lowest BCUT2D eigenvalue weighted by atomic mass is 9.96. The number of carbonyl (C=O) groups excluding carboxylic acids is 1. The van der Waals surface area contributed by atoms with Gasteiger partial charge in [-0.05, 0) is 62.9 Å². The Hall–Kier alpha value is -1.44. The Bertz CT molecular complexity index is 719. The van der Waals surface area contributed by atoms with Crippen LogP contribution < -0.4 is 5.32 Å². The topological polar surface area (TPSA) is 69.7 Å². The van der Waals surface area contributed by atoms with Crippen molar-refractivity contribution in [2.24, 2.45) is 5.92 Å². The van der Waals surface area contributed by atoms with Crippen molar-refractivity contribution in [1.82, 2.24) is 14.5 Å². The van der Waals surface area contributed by atoms with Gasteiger partial charge in [0, 0.05) is 26.2 Å². The Morgan fingerprint density at radius 3 is 2.26 bits per heavy atom. The summed E-state index contributed by atoms with van der Waals surface area (Å²) in [6.45, 7) is 3.84. The van der Waals surface area contributed by atoms with E-state index >= 15 is 0 Å². The number of carbonyl (C=O) groups is 1. The van der Waals surface area contributed by atoms with Gasteiger partial charge in [0.2, 0.25) is 15.9 Å². The predicted molar refractivity (Wildman–Crippen MR) is 106 cm³/mol. The second-order valence-electron chi connectivity index (χ2n) is 7.67. The minimum atomic E-state index is -3.41. The van der Waals surface area contributed by atoms with Gasteiger partial charge in [0.05, 0.1) is 11.3 Å². The Balaban J connectivity index is 1.57. The monoisotopic (exact) mass is 393 g/mol. The van der Waals surface area contributed by atoms with Crippen molar-refractivity contribution in [1.29, 1.82) is 0 Å². The molecule has 0 radical (unpaired) electrons. The molecule has 7 heteroatoms. The van der Waals surface area contributed by atoms with Gasteiger partial charge in [-0.15, -0.1) is 0 Å². The molecule has 0 aliphatic carbocycles. The third-order valence-corrected chi connectivity index (χ3v) is 7.60. The van der Waals surface area contributed by atoms with Gasteiger partial charge in [-0.1, -0.05) is 18.6 Å². The fraction of sp³-hybridized carbons (Fsp3) is 0.650. The van der Waals surface area contributed by atoms with Crippen LogP contribution in [0.3, 0.4) is 0 Å². The van der Waals surface area contributed by atoms with Crippen LogP contribution in [0.1, 0.15) is 37.7 Å². The first-order valence-electron chi connectivity index (χ1n) is 10.0. The molecule has 1 aromatic carbocycles. The van der Waals surface area contributed by atoms with Gasteiger partial charge in [0.15, 0.2) is 0 Å². The average molecular weight is 394 g/mol. The summed E-state index contributed by atoms with van der Waals surface area (Å²) in [5, 5.41) is 3.21. The second kappa shape index (κ2) is 9.17. The van der Waals surface area contributed by atoms with Crippen molar-refractivity contribution in [3.05, 3.63) is 29.8 Å². The smallest absolute Gasteiger partial charge is 0.243 e. The summed E-state index contributed by atoms with van der Waals surface area (Å²) in [4.78, 5) is 14.8. The van der Waals surface area contributed by atoms with Crippen molar-refractivity contribution in [3.8, 4) is 0 Å². The molecule has 0 spiro atoms. The van der Waals surface area contributed by atoms with Gasteiger partial charge < -0.3 is 10.2 Å². The summed E-state index contributed by atoms with van der Waals surface area (Å²) in [7, 11) is -1.44. The maximum absolute atomic E-state index is 12.7. The third kappa shape index (κ3) is 5.09. The van der Waals surface area contributed by atoms with E-state index in [0.29, 0.717) is 30.3 Å². The molecule has 0 unspecified atom stereocenters. The van der Waals surface area contributed by atoms with Crippen LogP contribution in [0.4, 0.5) is 0 Å². The standard InChI is InChI=1S/C20H31N3O3S/c1-21-16-18-9-13-22(14-10-18)20(24)15-17-5-7-19(8-6-17)27(25,26)23-11-3-2-4-12-23/h5-8,18,21H,2-4,9-16H2,1H3. The highest BCUT2D eigenvalue weighted by Gasteiger charge is 2.26. The molecular formula is C20H31N3O3S. The van der Waals surface area contributed by atoms with E-state index in [1.807, 2.05) is 11.9 Å². The van der Waals surface area contributed by atoms with Gasteiger partial charge in [-0.2, -0.15) is 4.31 Å². The van der Waals surface area contributed by atoms with Gasteiger partial charge >= 0.3 is 0 Å². The molecule has 1 amide bonds. The number of nitrogens with one attached hydrogen (secondary N) is 1. The van der Waals surface area contributed by atoms with E-state index in [4.69, 9.17) is 0 Å². The van der Waals surface area contributed by atoms with Gasteiger partial charge in [-0.25, -0.2) is 8.42 Å². The zero-order valence-electron chi connectivity index (χ0n) is 16.2. The molecule has 0 bridgehead atoms. The van der Waals surface area contributed by atoms with E-state index in [2.05, 4.69) is 5.32 Å². The van der Waals surface area contributed by atoms with E-state index in [9.17, 15) is 13.2 Å². The summed E-state index contributed by atoms with van der Waals surface area (Å²) < 4.78 is 27.0. The van der Waals surface area contributed by atoms with Crippen LogP contribution in [0.5, 0.6) is 0 Å². The molecule has 2 fully saturated rings. The zero-order chi connectivity index (χ0) is 19.3. The lowest BCUT2D eigenvalue weighted by molar-refractivity contribution is -0.131. The second-order valence-corrected chi connectivity index (χ2v) is 9.61. The van der Waals surface area contributed by atoms with Crippen molar-refractivity contribution >= 4 is 15.9 Å². The highest BCUT2D eigenvalue weighted by molar-refractivity contribution is 7.89. The third-order valence-electron chi connectivity index (χ3n) is 5.69. The number of rotatable bonds is 6. The molecule has 2 saturated heterocycles. The zero-order valence-corrected chi connectivity index (χ0v) is 17.0. The number of benzene rings is 1. The fourth-order valence-electron chi connectivity index (χ4n) is 4.00. The summed E-state index contributed by atoms with van der Waals surface area (Å²) >= 11 is 0. The first kappa shape index (κ1) is 20.3. The molecule has 2 aliphatic rings. The van der Waals surface area contributed by atoms with Crippen molar-refractivity contribution in [3.63, 3.8) is 0 Å². The SMILES string of the molecule is CNCC1CCN(C(=O)Cc2ccc(S(=O)(=O)N3CCCCC3)cc2)CC1. The molecule has 27 heavy (non-hydrogen) atoms. The van der Waals surface area contributed by atoms with Gasteiger partial charge in [0.25, 0.3) is 0 Å². The largest absolute Gasteiger partial charge is 0.342 e. The average Bonchev–Trinajstić information content (AvgIpc) is 2.70. The van der Waals surface area contributed by atoms with E-state index < -0.39 is 10.0 Å². The van der Waals surface area contributed by atoms with Crippen LogP contribution in [0, 0.1) is 5.92 Å². The molecule has 2 aliphatic heterocycles. The lowest BCUT2D eigenvalue weighted by Gasteiger charge is -2.32. The van der Waals surface area contributed by atoms with E-state index in [0.717, 1.165) is 57.3 Å². The molecule has 2 heterocycles. The van der Waals surface area contributed by atoms with Crippen LogP contribution in [0.25, 0.3) is 0 Å². The highest BCUT2D eigenvalue weighted by atomic mass is 32.2. The number of hydrogen-bond donors (Lipinski definition) is 1. The van der Waals surface area contributed by atoms with Crippen LogP contribution in [-0.4, -0.2) is 63.3 Å². The molecule has 0 saturated carbocycles. The number of amides is 1. The first-order chi connectivity index (χ1) is 13.0. The summed E-state index contributed by atoms with van der Waals surface area (Å²) in [5.74, 6) is 0.780. The van der Waals surface area contributed by atoms with E-state index in [1.54, 1.807) is 28.6 Å². The Morgan fingerprint density at radius 2 is 1.67 bits per heavy atom. The molecule has 0 aromatic heterocycles. The van der Waals surface area contributed by atoms with E-state index in [-0.39, 0.29) is 5.91 Å². The molecule has 3 rings (SSSR count). The first-order valence-corrected chi connectivity index (χ1v) is 11.5. The summed E-state index contributed by atoms with van der Waals surface area (Å²) in [6, 6.07) is 6.85. The maximum atomic E-state index is 12.7.